The Hall–Kier alpha value is -3.43. The summed E-state index contributed by atoms with van der Waals surface area (Å²) in [5.41, 5.74) is 2.29. The average molecular weight is 410 g/mol. The van der Waals surface area contributed by atoms with Crippen LogP contribution in [-0.4, -0.2) is 20.9 Å². The molecule has 2 N–H and O–H groups in total. The molecule has 7 nitrogen and oxygen atoms in total. The number of hydrogen-bond acceptors (Lipinski definition) is 6. The number of carbonyl (C=O) groups excluding carboxylic acids is 1. The largest absolute Gasteiger partial charge is 0.308 e. The molecule has 1 aromatic heterocycles. The second kappa shape index (κ2) is 8.98. The predicted octanol–water partition coefficient (Wildman–Crippen LogP) is 4.24. The summed E-state index contributed by atoms with van der Waals surface area (Å²) in [4.78, 5) is 26.7. The Morgan fingerprint density at radius 1 is 1.18 bits per heavy atom. The van der Waals surface area contributed by atoms with Crippen molar-refractivity contribution in [2.45, 2.75) is 0 Å². The van der Waals surface area contributed by atoms with E-state index in [1.165, 1.54) is 35.6 Å². The third kappa shape index (κ3) is 5.29. The van der Waals surface area contributed by atoms with Crippen LogP contribution in [0.15, 0.2) is 66.1 Å². The SMILES string of the molecule is O=C(C=Cc1cccc([N+](=O)[O-])c1)NC(=S)Nc1nc(-c2ccccc2)cs1. The summed E-state index contributed by atoms with van der Waals surface area (Å²) in [5.74, 6) is -0.455. The van der Waals surface area contributed by atoms with Gasteiger partial charge in [-0.3, -0.25) is 20.2 Å². The van der Waals surface area contributed by atoms with Gasteiger partial charge in [-0.05, 0) is 23.9 Å². The van der Waals surface area contributed by atoms with Crippen LogP contribution in [0.5, 0.6) is 0 Å². The maximum absolute atomic E-state index is 12.0. The summed E-state index contributed by atoms with van der Waals surface area (Å²) in [6, 6.07) is 15.7. The topological polar surface area (TPSA) is 97.2 Å². The lowest BCUT2D eigenvalue weighted by Crippen LogP contribution is -2.32. The zero-order valence-corrected chi connectivity index (χ0v) is 16.0. The van der Waals surface area contributed by atoms with Gasteiger partial charge in [0.2, 0.25) is 5.91 Å². The number of nitro benzene ring substituents is 1. The van der Waals surface area contributed by atoms with Crippen molar-refractivity contribution in [2.75, 3.05) is 5.32 Å². The van der Waals surface area contributed by atoms with E-state index in [4.69, 9.17) is 12.2 Å². The molecule has 140 valence electrons. The Morgan fingerprint density at radius 2 is 1.96 bits per heavy atom. The second-order valence-electron chi connectivity index (χ2n) is 5.53. The Labute approximate surface area is 169 Å². The van der Waals surface area contributed by atoms with Crippen LogP contribution < -0.4 is 10.6 Å². The number of carbonyl (C=O) groups is 1. The molecule has 0 fully saturated rings. The highest BCUT2D eigenvalue weighted by Crippen LogP contribution is 2.24. The standard InChI is InChI=1S/C19H14N4O3S2/c24-17(10-9-13-5-4-8-15(11-13)23(25)26)21-18(27)22-19-20-16(12-28-19)14-6-2-1-3-7-14/h1-12H,(H2,20,21,22,24,27). The summed E-state index contributed by atoms with van der Waals surface area (Å²) in [6.07, 6.45) is 2.73. The molecule has 1 heterocycles. The molecule has 0 aliphatic rings. The van der Waals surface area contributed by atoms with Gasteiger partial charge in [0.05, 0.1) is 10.6 Å². The van der Waals surface area contributed by atoms with Gasteiger partial charge in [-0.1, -0.05) is 42.5 Å². The number of anilines is 1. The first-order valence-corrected chi connectivity index (χ1v) is 9.35. The minimum atomic E-state index is -0.492. The summed E-state index contributed by atoms with van der Waals surface area (Å²) < 4.78 is 0. The fourth-order valence-corrected chi connectivity index (χ4v) is 3.25. The number of non-ortho nitro benzene ring substituents is 1. The molecule has 28 heavy (non-hydrogen) atoms. The zero-order valence-electron chi connectivity index (χ0n) is 14.4. The number of nitrogens with zero attached hydrogens (tertiary/aromatic N) is 2. The van der Waals surface area contributed by atoms with E-state index in [-0.39, 0.29) is 10.8 Å². The molecular weight excluding hydrogens is 396 g/mol. The first-order valence-electron chi connectivity index (χ1n) is 8.07. The summed E-state index contributed by atoms with van der Waals surface area (Å²) >= 11 is 6.50. The van der Waals surface area contributed by atoms with E-state index >= 15 is 0 Å². The van der Waals surface area contributed by atoms with Crippen LogP contribution in [0, 0.1) is 10.1 Å². The average Bonchev–Trinajstić information content (AvgIpc) is 3.15. The van der Waals surface area contributed by atoms with E-state index in [1.807, 2.05) is 35.7 Å². The molecule has 0 radical (unpaired) electrons. The highest BCUT2D eigenvalue weighted by molar-refractivity contribution is 7.80. The molecule has 0 saturated heterocycles. The van der Waals surface area contributed by atoms with Gasteiger partial charge in [0.25, 0.3) is 5.69 Å². The number of benzene rings is 2. The smallest absolute Gasteiger partial charge is 0.270 e. The van der Waals surface area contributed by atoms with Crippen molar-refractivity contribution in [1.82, 2.24) is 10.3 Å². The van der Waals surface area contributed by atoms with Crippen molar-refractivity contribution in [1.29, 1.82) is 0 Å². The number of nitro groups is 1. The minimum Gasteiger partial charge on any atom is -0.308 e. The number of nitrogens with one attached hydrogen (secondary N) is 2. The van der Waals surface area contributed by atoms with Gasteiger partial charge in [-0.15, -0.1) is 11.3 Å². The number of thiocarbonyl (C=S) groups is 1. The van der Waals surface area contributed by atoms with Crippen molar-refractivity contribution in [3.8, 4) is 11.3 Å². The molecule has 0 atom stereocenters. The molecule has 2 aromatic carbocycles. The van der Waals surface area contributed by atoms with E-state index < -0.39 is 10.8 Å². The summed E-state index contributed by atoms with van der Waals surface area (Å²) in [6.45, 7) is 0. The summed E-state index contributed by atoms with van der Waals surface area (Å²) in [7, 11) is 0. The highest BCUT2D eigenvalue weighted by Gasteiger charge is 2.08. The normalized spacial score (nSPS) is 10.6. The molecule has 0 bridgehead atoms. The molecule has 0 aliphatic heterocycles. The Kier molecular flexibility index (Phi) is 6.20. The quantitative estimate of drug-likeness (QED) is 0.283. The molecule has 0 spiro atoms. The third-order valence-corrected chi connectivity index (χ3v) is 4.50. The number of aromatic nitrogens is 1. The fraction of sp³-hybridized carbons (Fsp3) is 0. The Morgan fingerprint density at radius 3 is 2.71 bits per heavy atom. The lowest BCUT2D eigenvalue weighted by Gasteiger charge is -2.04. The Balaban J connectivity index is 1.56. The first kappa shape index (κ1) is 19.3. The van der Waals surface area contributed by atoms with E-state index in [0.717, 1.165) is 11.3 Å². The second-order valence-corrected chi connectivity index (χ2v) is 6.80. The van der Waals surface area contributed by atoms with Gasteiger partial charge < -0.3 is 5.32 Å². The van der Waals surface area contributed by atoms with Crippen LogP contribution in [0.25, 0.3) is 17.3 Å². The lowest BCUT2D eigenvalue weighted by atomic mass is 10.2. The van der Waals surface area contributed by atoms with Gasteiger partial charge in [0, 0.05) is 29.2 Å². The van der Waals surface area contributed by atoms with Gasteiger partial charge in [0.1, 0.15) is 0 Å². The van der Waals surface area contributed by atoms with Crippen molar-refractivity contribution in [3.63, 3.8) is 0 Å². The van der Waals surface area contributed by atoms with E-state index in [9.17, 15) is 14.9 Å². The minimum absolute atomic E-state index is 0.0438. The third-order valence-electron chi connectivity index (χ3n) is 3.54. The van der Waals surface area contributed by atoms with Gasteiger partial charge in [-0.2, -0.15) is 0 Å². The first-order chi connectivity index (χ1) is 13.5. The predicted molar refractivity (Wildman–Crippen MR) is 114 cm³/mol. The number of thiazole rings is 1. The molecule has 3 rings (SSSR count). The number of amides is 1. The van der Waals surface area contributed by atoms with Crippen LogP contribution in [0.4, 0.5) is 10.8 Å². The monoisotopic (exact) mass is 410 g/mol. The maximum Gasteiger partial charge on any atom is 0.270 e. The van der Waals surface area contributed by atoms with Crippen molar-refractivity contribution in [2.24, 2.45) is 0 Å². The zero-order chi connectivity index (χ0) is 19.9. The highest BCUT2D eigenvalue weighted by atomic mass is 32.1. The fourth-order valence-electron chi connectivity index (χ4n) is 2.27. The Bertz CT molecular complexity index is 1050. The molecule has 0 saturated carbocycles. The molecule has 9 heteroatoms. The van der Waals surface area contributed by atoms with E-state index in [1.54, 1.807) is 12.1 Å². The molecule has 0 unspecified atom stereocenters. The molecule has 1 amide bonds. The molecule has 3 aromatic rings. The van der Waals surface area contributed by atoms with Gasteiger partial charge in [-0.25, -0.2) is 4.98 Å². The van der Waals surface area contributed by atoms with Crippen LogP contribution in [0.3, 0.4) is 0 Å². The van der Waals surface area contributed by atoms with Gasteiger partial charge in [0.15, 0.2) is 10.2 Å². The maximum atomic E-state index is 12.0. The summed E-state index contributed by atoms with van der Waals surface area (Å²) in [5, 5.41) is 18.7. The van der Waals surface area contributed by atoms with Crippen LogP contribution in [-0.2, 0) is 4.79 Å². The van der Waals surface area contributed by atoms with Crippen molar-refractivity contribution < 1.29 is 9.72 Å². The van der Waals surface area contributed by atoms with Crippen LogP contribution in [0.2, 0.25) is 0 Å². The van der Waals surface area contributed by atoms with Crippen LogP contribution in [0.1, 0.15) is 5.56 Å². The van der Waals surface area contributed by atoms with Crippen LogP contribution >= 0.6 is 23.6 Å². The molecule has 0 aliphatic carbocycles. The van der Waals surface area contributed by atoms with Crippen molar-refractivity contribution in [3.05, 3.63) is 81.7 Å². The van der Waals surface area contributed by atoms with E-state index in [2.05, 4.69) is 15.6 Å². The number of rotatable bonds is 5. The van der Waals surface area contributed by atoms with E-state index in [0.29, 0.717) is 10.7 Å². The lowest BCUT2D eigenvalue weighted by molar-refractivity contribution is -0.384. The number of hydrogen-bond donors (Lipinski definition) is 2. The van der Waals surface area contributed by atoms with Gasteiger partial charge >= 0.3 is 0 Å². The molecular formula is C19H14N4O3S2. The van der Waals surface area contributed by atoms with Crippen molar-refractivity contribution >= 4 is 51.5 Å².